The van der Waals surface area contributed by atoms with E-state index in [2.05, 4.69) is 0 Å². The van der Waals surface area contributed by atoms with Gasteiger partial charge in [-0.2, -0.15) is 0 Å². The van der Waals surface area contributed by atoms with Crippen LogP contribution in [0.1, 0.15) is 28.2 Å². The summed E-state index contributed by atoms with van der Waals surface area (Å²) in [7, 11) is 0. The molecule has 2 atom stereocenters. The Morgan fingerprint density at radius 2 is 2.31 bits per heavy atom. The van der Waals surface area contributed by atoms with Crippen LogP contribution in [0.2, 0.25) is 0 Å². The van der Waals surface area contributed by atoms with Gasteiger partial charge in [-0.3, -0.25) is 0 Å². The standard InChI is InChI=1S/C12H15NO2S/c1-8-9(4-5-15-8)12(14)10(7-13)11-3-2-6-16-11/h2-6,10,12,14H,7,13H2,1H3. The van der Waals surface area contributed by atoms with E-state index < -0.39 is 6.10 Å². The van der Waals surface area contributed by atoms with Gasteiger partial charge in [0.05, 0.1) is 12.4 Å². The van der Waals surface area contributed by atoms with Crippen molar-refractivity contribution in [3.63, 3.8) is 0 Å². The van der Waals surface area contributed by atoms with Crippen LogP contribution in [0.15, 0.2) is 34.3 Å². The van der Waals surface area contributed by atoms with Crippen LogP contribution in [0.25, 0.3) is 0 Å². The molecule has 0 aromatic carbocycles. The summed E-state index contributed by atoms with van der Waals surface area (Å²) < 4.78 is 5.20. The molecule has 0 aliphatic rings. The van der Waals surface area contributed by atoms with Gasteiger partial charge in [0.1, 0.15) is 5.76 Å². The van der Waals surface area contributed by atoms with E-state index in [1.807, 2.05) is 24.4 Å². The van der Waals surface area contributed by atoms with E-state index in [0.29, 0.717) is 6.54 Å². The smallest absolute Gasteiger partial charge is 0.106 e. The highest BCUT2D eigenvalue weighted by atomic mass is 32.1. The highest BCUT2D eigenvalue weighted by molar-refractivity contribution is 7.10. The highest BCUT2D eigenvalue weighted by Crippen LogP contribution is 2.34. The summed E-state index contributed by atoms with van der Waals surface area (Å²) in [5.74, 6) is 0.693. The molecule has 0 fully saturated rings. The SMILES string of the molecule is Cc1occc1C(O)C(CN)c1cccs1. The summed E-state index contributed by atoms with van der Waals surface area (Å²) in [6.07, 6.45) is 0.998. The predicted molar refractivity (Wildman–Crippen MR) is 64.5 cm³/mol. The maximum Gasteiger partial charge on any atom is 0.106 e. The zero-order valence-corrected chi connectivity index (χ0v) is 9.91. The molecule has 2 aromatic heterocycles. The zero-order chi connectivity index (χ0) is 11.5. The number of aliphatic hydroxyl groups is 1. The molecule has 2 heterocycles. The molecular weight excluding hydrogens is 222 g/mol. The van der Waals surface area contributed by atoms with Crippen molar-refractivity contribution in [2.24, 2.45) is 5.73 Å². The summed E-state index contributed by atoms with van der Waals surface area (Å²) in [4.78, 5) is 1.11. The van der Waals surface area contributed by atoms with Gasteiger partial charge in [-0.15, -0.1) is 11.3 Å². The van der Waals surface area contributed by atoms with Gasteiger partial charge in [0.2, 0.25) is 0 Å². The minimum Gasteiger partial charge on any atom is -0.469 e. The second kappa shape index (κ2) is 4.82. The quantitative estimate of drug-likeness (QED) is 0.858. The predicted octanol–water partition coefficient (Wildman–Crippen LogP) is 2.43. The third-order valence-electron chi connectivity index (χ3n) is 2.76. The lowest BCUT2D eigenvalue weighted by atomic mass is 9.95. The summed E-state index contributed by atoms with van der Waals surface area (Å²) in [5, 5.41) is 12.3. The van der Waals surface area contributed by atoms with Gasteiger partial charge in [0, 0.05) is 22.9 Å². The molecule has 0 aliphatic heterocycles. The number of aryl methyl sites for hydroxylation is 1. The number of hydrogen-bond donors (Lipinski definition) is 2. The number of thiophene rings is 1. The molecule has 3 nitrogen and oxygen atoms in total. The number of rotatable bonds is 4. The van der Waals surface area contributed by atoms with E-state index in [1.165, 1.54) is 0 Å². The second-order valence-electron chi connectivity index (χ2n) is 3.73. The minimum absolute atomic E-state index is 0.0590. The molecule has 0 saturated heterocycles. The maximum absolute atomic E-state index is 10.3. The van der Waals surface area contributed by atoms with E-state index in [9.17, 15) is 5.11 Å². The Balaban J connectivity index is 2.26. The fourth-order valence-corrected chi connectivity index (χ4v) is 2.69. The first-order valence-corrected chi connectivity index (χ1v) is 6.07. The average Bonchev–Trinajstić information content (AvgIpc) is 2.90. The fourth-order valence-electron chi connectivity index (χ4n) is 1.82. The van der Waals surface area contributed by atoms with Crippen LogP contribution >= 0.6 is 11.3 Å². The first kappa shape index (κ1) is 11.4. The van der Waals surface area contributed by atoms with Gasteiger partial charge >= 0.3 is 0 Å². The third kappa shape index (κ3) is 2.04. The Morgan fingerprint density at radius 1 is 1.50 bits per heavy atom. The first-order chi connectivity index (χ1) is 7.74. The Bertz CT molecular complexity index is 436. The second-order valence-corrected chi connectivity index (χ2v) is 4.71. The Hall–Kier alpha value is -1.10. The lowest BCUT2D eigenvalue weighted by Gasteiger charge is -2.19. The van der Waals surface area contributed by atoms with Gasteiger partial charge in [-0.05, 0) is 24.4 Å². The number of hydrogen-bond acceptors (Lipinski definition) is 4. The average molecular weight is 237 g/mol. The van der Waals surface area contributed by atoms with E-state index in [0.717, 1.165) is 16.2 Å². The first-order valence-electron chi connectivity index (χ1n) is 5.19. The van der Waals surface area contributed by atoms with Crippen molar-refractivity contribution in [1.82, 2.24) is 0 Å². The van der Waals surface area contributed by atoms with E-state index in [1.54, 1.807) is 23.7 Å². The maximum atomic E-state index is 10.3. The van der Waals surface area contributed by atoms with Crippen molar-refractivity contribution in [2.75, 3.05) is 6.54 Å². The zero-order valence-electron chi connectivity index (χ0n) is 9.09. The molecule has 0 radical (unpaired) electrons. The van der Waals surface area contributed by atoms with Gasteiger partial charge in [-0.1, -0.05) is 6.07 Å². The van der Waals surface area contributed by atoms with Gasteiger partial charge in [0.15, 0.2) is 0 Å². The third-order valence-corrected chi connectivity index (χ3v) is 3.77. The normalized spacial score (nSPS) is 14.9. The number of furan rings is 1. The Morgan fingerprint density at radius 3 is 2.81 bits per heavy atom. The molecule has 2 aromatic rings. The van der Waals surface area contributed by atoms with Crippen LogP contribution < -0.4 is 5.73 Å². The largest absolute Gasteiger partial charge is 0.469 e. The lowest BCUT2D eigenvalue weighted by Crippen LogP contribution is -2.19. The molecule has 2 unspecified atom stereocenters. The summed E-state index contributed by atoms with van der Waals surface area (Å²) in [6, 6.07) is 5.77. The lowest BCUT2D eigenvalue weighted by molar-refractivity contribution is 0.147. The van der Waals surface area contributed by atoms with Crippen molar-refractivity contribution in [2.45, 2.75) is 18.9 Å². The molecule has 4 heteroatoms. The van der Waals surface area contributed by atoms with Crippen molar-refractivity contribution in [3.05, 3.63) is 46.0 Å². The summed E-state index contributed by atoms with van der Waals surface area (Å²) in [6.45, 7) is 2.27. The molecule has 0 saturated carbocycles. The van der Waals surface area contributed by atoms with Crippen molar-refractivity contribution < 1.29 is 9.52 Å². The molecule has 0 bridgehead atoms. The fraction of sp³-hybridized carbons (Fsp3) is 0.333. The van der Waals surface area contributed by atoms with Crippen molar-refractivity contribution >= 4 is 11.3 Å². The molecule has 0 aliphatic carbocycles. The minimum atomic E-state index is -0.595. The molecule has 0 spiro atoms. The number of nitrogens with two attached hydrogens (primary N) is 1. The van der Waals surface area contributed by atoms with E-state index >= 15 is 0 Å². The number of aliphatic hydroxyl groups excluding tert-OH is 1. The topological polar surface area (TPSA) is 59.4 Å². The van der Waals surface area contributed by atoms with Crippen LogP contribution in [0.4, 0.5) is 0 Å². The highest BCUT2D eigenvalue weighted by Gasteiger charge is 2.24. The molecular formula is C12H15NO2S. The molecule has 0 amide bonds. The summed E-state index contributed by atoms with van der Waals surface area (Å²) >= 11 is 1.62. The van der Waals surface area contributed by atoms with Crippen LogP contribution in [0.3, 0.4) is 0 Å². The molecule has 86 valence electrons. The van der Waals surface area contributed by atoms with E-state index in [4.69, 9.17) is 10.2 Å². The van der Waals surface area contributed by atoms with Gasteiger partial charge in [0.25, 0.3) is 0 Å². The van der Waals surface area contributed by atoms with Crippen LogP contribution in [0.5, 0.6) is 0 Å². The van der Waals surface area contributed by atoms with Crippen molar-refractivity contribution in [3.8, 4) is 0 Å². The van der Waals surface area contributed by atoms with E-state index in [-0.39, 0.29) is 5.92 Å². The van der Waals surface area contributed by atoms with Crippen LogP contribution in [-0.2, 0) is 0 Å². The molecule has 3 N–H and O–H groups in total. The summed E-state index contributed by atoms with van der Waals surface area (Å²) in [5.41, 5.74) is 6.56. The Labute approximate surface area is 98.5 Å². The monoisotopic (exact) mass is 237 g/mol. The van der Waals surface area contributed by atoms with Crippen LogP contribution in [0, 0.1) is 6.92 Å². The Kier molecular flexibility index (Phi) is 3.43. The molecule has 16 heavy (non-hydrogen) atoms. The molecule has 2 rings (SSSR count). The van der Waals surface area contributed by atoms with Crippen LogP contribution in [-0.4, -0.2) is 11.7 Å². The van der Waals surface area contributed by atoms with Crippen molar-refractivity contribution in [1.29, 1.82) is 0 Å². The van der Waals surface area contributed by atoms with Gasteiger partial charge < -0.3 is 15.3 Å². The van der Waals surface area contributed by atoms with Gasteiger partial charge in [-0.25, -0.2) is 0 Å².